The van der Waals surface area contributed by atoms with Crippen LogP contribution in [0.2, 0.25) is 0 Å². The molecule has 17 heavy (non-hydrogen) atoms. The number of rotatable bonds is 5. The van der Waals surface area contributed by atoms with E-state index in [9.17, 15) is 0 Å². The second-order valence-electron chi connectivity index (χ2n) is 2.96. The van der Waals surface area contributed by atoms with Crippen molar-refractivity contribution >= 4 is 17.7 Å². The summed E-state index contributed by atoms with van der Waals surface area (Å²) >= 11 is 1.31. The van der Waals surface area contributed by atoms with Crippen LogP contribution >= 0.6 is 11.8 Å². The summed E-state index contributed by atoms with van der Waals surface area (Å²) < 4.78 is 5.01. The Labute approximate surface area is 102 Å². The van der Waals surface area contributed by atoms with Gasteiger partial charge in [0, 0.05) is 18.9 Å². The van der Waals surface area contributed by atoms with Gasteiger partial charge in [0.2, 0.25) is 11.1 Å². The number of hydrogen-bond acceptors (Lipinski definition) is 7. The van der Waals surface area contributed by atoms with Gasteiger partial charge in [0.1, 0.15) is 0 Å². The van der Waals surface area contributed by atoms with Gasteiger partial charge in [-0.2, -0.15) is 15.0 Å². The molecule has 0 saturated heterocycles. The van der Waals surface area contributed by atoms with E-state index >= 15 is 0 Å². The molecule has 2 rings (SSSR count). The Bertz CT molecular complexity index is 474. The summed E-state index contributed by atoms with van der Waals surface area (Å²) in [7, 11) is 1.52. The average molecular weight is 252 g/mol. The van der Waals surface area contributed by atoms with Crippen LogP contribution in [0.5, 0.6) is 6.01 Å². The molecule has 2 N–H and O–H groups in total. The molecule has 0 atom stereocenters. The van der Waals surface area contributed by atoms with Crippen molar-refractivity contribution in [1.82, 2.24) is 24.9 Å². The maximum absolute atomic E-state index is 5.01. The number of hydrogen-bond donors (Lipinski definition) is 2. The van der Waals surface area contributed by atoms with Gasteiger partial charge in [0.05, 0.1) is 7.11 Å². The third-order valence-electron chi connectivity index (χ3n) is 1.77. The summed E-state index contributed by atoms with van der Waals surface area (Å²) in [6.45, 7) is 2.70. The zero-order chi connectivity index (χ0) is 12.1. The van der Waals surface area contributed by atoms with Crippen LogP contribution in [0.1, 0.15) is 6.92 Å². The maximum Gasteiger partial charge on any atom is 0.321 e. The standard InChI is InChI=1S/C9H12N6OS/c1-3-10-6-13-7(16-2)15-9(14-6)17-8-11-4-5-12-8/h4-5H,3H2,1-2H3,(H,11,12)(H,10,13,14,15). The van der Waals surface area contributed by atoms with Gasteiger partial charge < -0.3 is 15.0 Å². The Morgan fingerprint density at radius 1 is 1.41 bits per heavy atom. The average Bonchev–Trinajstić information content (AvgIpc) is 2.82. The lowest BCUT2D eigenvalue weighted by Gasteiger charge is -2.05. The van der Waals surface area contributed by atoms with Crippen LogP contribution < -0.4 is 10.1 Å². The minimum absolute atomic E-state index is 0.282. The van der Waals surface area contributed by atoms with E-state index in [1.165, 1.54) is 18.9 Å². The molecule has 2 aromatic heterocycles. The molecule has 8 heteroatoms. The molecule has 0 aliphatic rings. The van der Waals surface area contributed by atoms with Crippen molar-refractivity contribution in [3.8, 4) is 6.01 Å². The first-order chi connectivity index (χ1) is 8.31. The Kier molecular flexibility index (Phi) is 3.76. The van der Waals surface area contributed by atoms with Crippen molar-refractivity contribution in [3.63, 3.8) is 0 Å². The monoisotopic (exact) mass is 252 g/mol. The first-order valence-corrected chi connectivity index (χ1v) is 5.84. The maximum atomic E-state index is 5.01. The summed E-state index contributed by atoms with van der Waals surface area (Å²) in [5.74, 6) is 0.494. The molecule has 7 nitrogen and oxygen atoms in total. The van der Waals surface area contributed by atoms with Crippen LogP contribution in [0.15, 0.2) is 22.7 Å². The van der Waals surface area contributed by atoms with E-state index in [2.05, 4.69) is 30.2 Å². The molecule has 2 heterocycles. The smallest absolute Gasteiger partial charge is 0.321 e. The van der Waals surface area contributed by atoms with E-state index in [0.29, 0.717) is 11.1 Å². The van der Waals surface area contributed by atoms with E-state index in [1.807, 2.05) is 6.92 Å². The molecule has 2 aromatic rings. The van der Waals surface area contributed by atoms with Gasteiger partial charge in [-0.15, -0.1) is 0 Å². The number of nitrogens with zero attached hydrogens (tertiary/aromatic N) is 4. The molecule has 0 spiro atoms. The SMILES string of the molecule is CCNc1nc(OC)nc(Sc2ncc[nH]2)n1. The minimum Gasteiger partial charge on any atom is -0.467 e. The fraction of sp³-hybridized carbons (Fsp3) is 0.333. The summed E-state index contributed by atoms with van der Waals surface area (Å²) in [6, 6.07) is 0.282. The molecular formula is C9H12N6OS. The molecule has 0 radical (unpaired) electrons. The fourth-order valence-electron chi connectivity index (χ4n) is 1.11. The fourth-order valence-corrected chi connectivity index (χ4v) is 1.77. The molecular weight excluding hydrogens is 240 g/mol. The van der Waals surface area contributed by atoms with Crippen LogP contribution in [0, 0.1) is 0 Å². The number of imidazole rings is 1. The van der Waals surface area contributed by atoms with Crippen LogP contribution in [0.25, 0.3) is 0 Å². The van der Waals surface area contributed by atoms with E-state index in [-0.39, 0.29) is 6.01 Å². The zero-order valence-corrected chi connectivity index (χ0v) is 10.3. The van der Waals surface area contributed by atoms with Crippen LogP contribution in [0.3, 0.4) is 0 Å². The van der Waals surface area contributed by atoms with Crippen molar-refractivity contribution in [2.45, 2.75) is 17.2 Å². The third-order valence-corrected chi connectivity index (χ3v) is 2.55. The van der Waals surface area contributed by atoms with Crippen molar-refractivity contribution in [2.75, 3.05) is 19.0 Å². The highest BCUT2D eigenvalue weighted by molar-refractivity contribution is 7.99. The minimum atomic E-state index is 0.282. The summed E-state index contributed by atoms with van der Waals surface area (Å²) in [6.07, 6.45) is 3.41. The largest absolute Gasteiger partial charge is 0.467 e. The molecule has 90 valence electrons. The zero-order valence-electron chi connectivity index (χ0n) is 9.47. The first kappa shape index (κ1) is 11.6. The van der Waals surface area contributed by atoms with E-state index in [1.54, 1.807) is 12.4 Å². The molecule has 0 saturated carbocycles. The Morgan fingerprint density at radius 3 is 2.94 bits per heavy atom. The lowest BCUT2D eigenvalue weighted by molar-refractivity contribution is 0.373. The molecule has 0 aromatic carbocycles. The van der Waals surface area contributed by atoms with Gasteiger partial charge in [0.15, 0.2) is 5.16 Å². The van der Waals surface area contributed by atoms with E-state index < -0.39 is 0 Å². The molecule has 0 unspecified atom stereocenters. The van der Waals surface area contributed by atoms with Gasteiger partial charge in [-0.3, -0.25) is 0 Å². The number of aromatic amines is 1. The quantitative estimate of drug-likeness (QED) is 0.826. The molecule has 0 bridgehead atoms. The summed E-state index contributed by atoms with van der Waals surface area (Å²) in [5, 5.41) is 4.27. The predicted molar refractivity (Wildman–Crippen MR) is 63.3 cm³/mol. The second kappa shape index (κ2) is 5.48. The van der Waals surface area contributed by atoms with E-state index in [4.69, 9.17) is 4.74 Å². The van der Waals surface area contributed by atoms with Crippen LogP contribution in [-0.4, -0.2) is 38.6 Å². The van der Waals surface area contributed by atoms with Crippen LogP contribution in [-0.2, 0) is 0 Å². The lowest BCUT2D eigenvalue weighted by atomic mass is 10.7. The van der Waals surface area contributed by atoms with Crippen molar-refractivity contribution in [3.05, 3.63) is 12.4 Å². The van der Waals surface area contributed by atoms with Crippen molar-refractivity contribution in [1.29, 1.82) is 0 Å². The molecule has 0 fully saturated rings. The summed E-state index contributed by atoms with van der Waals surface area (Å²) in [4.78, 5) is 19.5. The van der Waals surface area contributed by atoms with Gasteiger partial charge >= 0.3 is 6.01 Å². The topological polar surface area (TPSA) is 88.6 Å². The Morgan fingerprint density at radius 2 is 2.29 bits per heavy atom. The Balaban J connectivity index is 2.23. The number of nitrogens with one attached hydrogen (secondary N) is 2. The highest BCUT2D eigenvalue weighted by Gasteiger charge is 2.08. The number of ether oxygens (including phenoxy) is 1. The number of H-pyrrole nitrogens is 1. The van der Waals surface area contributed by atoms with Gasteiger partial charge in [-0.25, -0.2) is 4.98 Å². The van der Waals surface area contributed by atoms with Crippen LogP contribution in [0.4, 0.5) is 5.95 Å². The van der Waals surface area contributed by atoms with E-state index in [0.717, 1.165) is 11.7 Å². The summed E-state index contributed by atoms with van der Waals surface area (Å²) in [5.41, 5.74) is 0. The van der Waals surface area contributed by atoms with Gasteiger partial charge in [0.25, 0.3) is 0 Å². The second-order valence-corrected chi connectivity index (χ2v) is 3.91. The highest BCUT2D eigenvalue weighted by atomic mass is 32.2. The van der Waals surface area contributed by atoms with Gasteiger partial charge in [-0.1, -0.05) is 0 Å². The Hall–Kier alpha value is -1.83. The molecule has 0 amide bonds. The highest BCUT2D eigenvalue weighted by Crippen LogP contribution is 2.22. The molecule has 0 aliphatic heterocycles. The third kappa shape index (κ3) is 3.06. The number of aromatic nitrogens is 5. The first-order valence-electron chi connectivity index (χ1n) is 5.03. The number of methoxy groups -OCH3 is 1. The van der Waals surface area contributed by atoms with Crippen molar-refractivity contribution < 1.29 is 4.74 Å². The molecule has 0 aliphatic carbocycles. The number of anilines is 1. The normalized spacial score (nSPS) is 10.2. The van der Waals surface area contributed by atoms with Gasteiger partial charge in [-0.05, 0) is 18.7 Å². The predicted octanol–water partition coefficient (Wildman–Crippen LogP) is 1.19. The lowest BCUT2D eigenvalue weighted by Crippen LogP contribution is -2.05. The van der Waals surface area contributed by atoms with Crippen molar-refractivity contribution in [2.24, 2.45) is 0 Å².